The van der Waals surface area contributed by atoms with Crippen LogP contribution < -0.4 is 9.64 Å². The molecular weight excluding hydrogens is 428 g/mol. The average Bonchev–Trinajstić information content (AvgIpc) is 3.38. The maximum atomic E-state index is 5.57. The van der Waals surface area contributed by atoms with Crippen molar-refractivity contribution in [2.75, 3.05) is 25.1 Å². The molecule has 0 amide bonds. The van der Waals surface area contributed by atoms with Crippen LogP contribution >= 0.6 is 11.3 Å². The number of piperidine rings is 1. The number of anilines is 1. The molecule has 4 aromatic rings. The summed E-state index contributed by atoms with van der Waals surface area (Å²) in [6.07, 6.45) is 10.3. The van der Waals surface area contributed by atoms with Crippen LogP contribution in [0, 0.1) is 0 Å². The molecule has 0 aliphatic carbocycles. The Morgan fingerprint density at radius 3 is 2.67 bits per heavy atom. The van der Waals surface area contributed by atoms with E-state index in [4.69, 9.17) is 14.7 Å². The van der Waals surface area contributed by atoms with Gasteiger partial charge in [0, 0.05) is 48.5 Å². The van der Waals surface area contributed by atoms with Gasteiger partial charge in [0.25, 0.3) is 0 Å². The highest BCUT2D eigenvalue weighted by Gasteiger charge is 2.23. The first-order chi connectivity index (χ1) is 16.3. The Labute approximate surface area is 199 Å². The van der Waals surface area contributed by atoms with Crippen LogP contribution in [0.1, 0.15) is 41.3 Å². The molecule has 5 rings (SSSR count). The predicted octanol–water partition coefficient (Wildman–Crippen LogP) is 5.97. The molecule has 33 heavy (non-hydrogen) atoms. The third-order valence-corrected chi connectivity index (χ3v) is 7.20. The topological polar surface area (TPSA) is 51.1 Å². The van der Waals surface area contributed by atoms with E-state index in [0.717, 1.165) is 47.3 Å². The van der Waals surface area contributed by atoms with Gasteiger partial charge >= 0.3 is 0 Å². The zero-order chi connectivity index (χ0) is 22.5. The first-order valence-corrected chi connectivity index (χ1v) is 12.4. The van der Waals surface area contributed by atoms with Crippen molar-refractivity contribution in [2.24, 2.45) is 0 Å². The van der Waals surface area contributed by atoms with E-state index in [-0.39, 0.29) is 5.92 Å². The number of ether oxygens (including phenoxy) is 1. The van der Waals surface area contributed by atoms with E-state index >= 15 is 0 Å². The number of rotatable bonds is 7. The molecule has 168 valence electrons. The first-order valence-electron chi connectivity index (χ1n) is 11.5. The zero-order valence-electron chi connectivity index (χ0n) is 18.9. The van der Waals surface area contributed by atoms with Gasteiger partial charge in [-0.2, -0.15) is 0 Å². The molecule has 4 heterocycles. The van der Waals surface area contributed by atoms with Crippen LogP contribution in [0.4, 0.5) is 5.82 Å². The number of aromatic nitrogens is 3. The monoisotopic (exact) mass is 456 g/mol. The van der Waals surface area contributed by atoms with Gasteiger partial charge in [0.05, 0.1) is 12.8 Å². The van der Waals surface area contributed by atoms with E-state index in [1.807, 2.05) is 48.9 Å². The molecule has 0 radical (unpaired) electrons. The Balaban J connectivity index is 1.51. The summed E-state index contributed by atoms with van der Waals surface area (Å²) in [5.41, 5.74) is 4.40. The third-order valence-electron chi connectivity index (χ3n) is 6.24. The predicted molar refractivity (Wildman–Crippen MR) is 134 cm³/mol. The lowest BCUT2D eigenvalue weighted by molar-refractivity contribution is 0.416. The van der Waals surface area contributed by atoms with Gasteiger partial charge in [-0.1, -0.05) is 24.3 Å². The van der Waals surface area contributed by atoms with E-state index in [1.54, 1.807) is 18.4 Å². The van der Waals surface area contributed by atoms with Crippen molar-refractivity contribution < 1.29 is 4.74 Å². The zero-order valence-corrected chi connectivity index (χ0v) is 19.7. The fourth-order valence-electron chi connectivity index (χ4n) is 4.56. The number of nitrogens with zero attached hydrogens (tertiary/aromatic N) is 4. The van der Waals surface area contributed by atoms with E-state index in [2.05, 4.69) is 33.5 Å². The highest BCUT2D eigenvalue weighted by Crippen LogP contribution is 2.37. The quantitative estimate of drug-likeness (QED) is 0.343. The fraction of sp³-hybridized carbons (Fsp3) is 0.296. The van der Waals surface area contributed by atoms with Gasteiger partial charge in [-0.3, -0.25) is 4.98 Å². The van der Waals surface area contributed by atoms with E-state index in [9.17, 15) is 0 Å². The van der Waals surface area contributed by atoms with E-state index < -0.39 is 0 Å². The summed E-state index contributed by atoms with van der Waals surface area (Å²) in [6, 6.07) is 16.5. The number of benzene rings is 1. The largest absolute Gasteiger partial charge is 0.496 e. The van der Waals surface area contributed by atoms with Crippen molar-refractivity contribution in [3.05, 3.63) is 88.6 Å². The van der Waals surface area contributed by atoms with Crippen molar-refractivity contribution in [2.45, 2.75) is 31.6 Å². The maximum absolute atomic E-state index is 5.57. The van der Waals surface area contributed by atoms with Crippen molar-refractivity contribution >= 4 is 17.2 Å². The summed E-state index contributed by atoms with van der Waals surface area (Å²) in [6.45, 7) is 2.16. The molecule has 0 bridgehead atoms. The van der Waals surface area contributed by atoms with Gasteiger partial charge < -0.3 is 9.64 Å². The van der Waals surface area contributed by atoms with Crippen molar-refractivity contribution in [1.29, 1.82) is 0 Å². The SMILES string of the molecule is COc1ccccc1-c1csc(C(Cc2cccnc2N2CCCCC2)c2cccnc2)n1. The summed E-state index contributed by atoms with van der Waals surface area (Å²) < 4.78 is 5.57. The summed E-state index contributed by atoms with van der Waals surface area (Å²) in [5.74, 6) is 2.07. The Morgan fingerprint density at radius 2 is 1.85 bits per heavy atom. The summed E-state index contributed by atoms with van der Waals surface area (Å²) in [7, 11) is 1.70. The second-order valence-corrected chi connectivity index (χ2v) is 9.24. The molecule has 0 saturated carbocycles. The highest BCUT2D eigenvalue weighted by molar-refractivity contribution is 7.10. The lowest BCUT2D eigenvalue weighted by Gasteiger charge is -2.30. The smallest absolute Gasteiger partial charge is 0.131 e. The van der Waals surface area contributed by atoms with Gasteiger partial charge in [-0.05, 0) is 61.1 Å². The van der Waals surface area contributed by atoms with Crippen LogP contribution in [-0.4, -0.2) is 35.2 Å². The minimum atomic E-state index is 0.111. The minimum Gasteiger partial charge on any atom is -0.496 e. The number of thiazole rings is 1. The molecule has 6 heteroatoms. The molecular formula is C27H28N4OS. The lowest BCUT2D eigenvalue weighted by atomic mass is 9.93. The molecule has 1 aliphatic rings. The Kier molecular flexibility index (Phi) is 6.63. The molecule has 0 spiro atoms. The second kappa shape index (κ2) is 10.1. The van der Waals surface area contributed by atoms with Crippen molar-refractivity contribution in [1.82, 2.24) is 15.0 Å². The van der Waals surface area contributed by atoms with Gasteiger partial charge in [0.2, 0.25) is 0 Å². The summed E-state index contributed by atoms with van der Waals surface area (Å²) in [5, 5.41) is 3.21. The molecule has 1 atom stereocenters. The lowest BCUT2D eigenvalue weighted by Crippen LogP contribution is -2.31. The number of methoxy groups -OCH3 is 1. The number of hydrogen-bond acceptors (Lipinski definition) is 6. The molecule has 1 fully saturated rings. The summed E-state index contributed by atoms with van der Waals surface area (Å²) >= 11 is 1.70. The van der Waals surface area contributed by atoms with Crippen molar-refractivity contribution in [3.63, 3.8) is 0 Å². The standard InChI is InChI=1S/C27H28N4OS/c1-32-25-12-4-3-11-22(25)24-19-33-27(30-24)23(21-10-7-13-28-18-21)17-20-9-8-14-29-26(20)31-15-5-2-6-16-31/h3-4,7-14,18-19,23H,2,5-6,15-17H2,1H3. The third kappa shape index (κ3) is 4.76. The molecule has 3 aromatic heterocycles. The van der Waals surface area contributed by atoms with Gasteiger partial charge in [0.15, 0.2) is 0 Å². The van der Waals surface area contributed by atoms with Gasteiger partial charge in [-0.25, -0.2) is 9.97 Å². The van der Waals surface area contributed by atoms with Crippen LogP contribution in [0.5, 0.6) is 5.75 Å². The molecule has 1 aromatic carbocycles. The maximum Gasteiger partial charge on any atom is 0.131 e. The van der Waals surface area contributed by atoms with Gasteiger partial charge in [0.1, 0.15) is 16.6 Å². The molecule has 5 nitrogen and oxygen atoms in total. The number of para-hydroxylation sites is 1. The highest BCUT2D eigenvalue weighted by atomic mass is 32.1. The Hall–Kier alpha value is -3.25. The molecule has 1 unspecified atom stereocenters. The first kappa shape index (κ1) is 21.6. The average molecular weight is 457 g/mol. The molecule has 1 saturated heterocycles. The Bertz CT molecular complexity index is 1190. The minimum absolute atomic E-state index is 0.111. The Morgan fingerprint density at radius 1 is 1.00 bits per heavy atom. The number of pyridine rings is 2. The molecule has 0 N–H and O–H groups in total. The summed E-state index contributed by atoms with van der Waals surface area (Å²) in [4.78, 5) is 16.7. The second-order valence-electron chi connectivity index (χ2n) is 8.35. The normalized spacial score (nSPS) is 14.8. The van der Waals surface area contributed by atoms with Gasteiger partial charge in [-0.15, -0.1) is 11.3 Å². The number of hydrogen-bond donors (Lipinski definition) is 0. The van der Waals surface area contributed by atoms with Crippen LogP contribution in [0.2, 0.25) is 0 Å². The van der Waals surface area contributed by atoms with Crippen molar-refractivity contribution in [3.8, 4) is 17.0 Å². The van der Waals surface area contributed by atoms with Crippen LogP contribution in [0.15, 0.2) is 72.5 Å². The van der Waals surface area contributed by atoms with E-state index in [1.165, 1.54) is 30.4 Å². The van der Waals surface area contributed by atoms with Crippen LogP contribution in [-0.2, 0) is 6.42 Å². The van der Waals surface area contributed by atoms with Crippen LogP contribution in [0.3, 0.4) is 0 Å². The fourth-order valence-corrected chi connectivity index (χ4v) is 5.50. The molecule has 1 aliphatic heterocycles. The van der Waals surface area contributed by atoms with Crippen LogP contribution in [0.25, 0.3) is 11.3 Å². The van der Waals surface area contributed by atoms with E-state index in [0.29, 0.717) is 0 Å².